The van der Waals surface area contributed by atoms with Crippen molar-refractivity contribution in [3.05, 3.63) is 10.1 Å². The first-order chi connectivity index (χ1) is 5.92. The highest BCUT2D eigenvalue weighted by Crippen LogP contribution is 2.33. The number of carbonyl (C=O) groups is 1. The molecule has 0 unspecified atom stereocenters. The summed E-state index contributed by atoms with van der Waals surface area (Å²) in [5.74, 6) is -0.328. The molecule has 1 saturated heterocycles. The average molecular weight is 187 g/mol. The fourth-order valence-electron chi connectivity index (χ4n) is 1.38. The molecule has 0 spiro atoms. The van der Waals surface area contributed by atoms with Crippen LogP contribution < -0.4 is 0 Å². The molecule has 1 aliphatic rings. The number of hydrogen-bond acceptors (Lipinski definition) is 4. The number of cyclic esters (lactones) is 1. The SMILES string of the molecule is CC1(C)CCC(=O)O[C@H]1C[N+](=O)[O-]. The molecule has 1 rings (SSSR count). The summed E-state index contributed by atoms with van der Waals surface area (Å²) in [6, 6.07) is 0. The topological polar surface area (TPSA) is 69.4 Å². The monoisotopic (exact) mass is 187 g/mol. The summed E-state index contributed by atoms with van der Waals surface area (Å²) in [6.45, 7) is 3.47. The minimum Gasteiger partial charge on any atom is -0.455 e. The largest absolute Gasteiger partial charge is 0.455 e. The number of carbonyl (C=O) groups excluding carboxylic acids is 1. The maximum absolute atomic E-state index is 10.9. The lowest BCUT2D eigenvalue weighted by Gasteiger charge is -2.35. The molecule has 0 bridgehead atoms. The van der Waals surface area contributed by atoms with Crippen molar-refractivity contribution in [2.45, 2.75) is 32.8 Å². The quantitative estimate of drug-likeness (QED) is 0.367. The Morgan fingerprint density at radius 2 is 2.31 bits per heavy atom. The van der Waals surface area contributed by atoms with E-state index < -0.39 is 11.0 Å². The van der Waals surface area contributed by atoms with Crippen LogP contribution in [0.25, 0.3) is 0 Å². The second kappa shape index (κ2) is 3.32. The van der Waals surface area contributed by atoms with E-state index in [9.17, 15) is 14.9 Å². The van der Waals surface area contributed by atoms with Gasteiger partial charge in [-0.15, -0.1) is 0 Å². The fraction of sp³-hybridized carbons (Fsp3) is 0.875. The molecule has 5 heteroatoms. The molecule has 0 aromatic rings. The van der Waals surface area contributed by atoms with Gasteiger partial charge in [-0.1, -0.05) is 13.8 Å². The van der Waals surface area contributed by atoms with E-state index in [-0.39, 0.29) is 17.9 Å². The van der Waals surface area contributed by atoms with E-state index in [1.165, 1.54) is 0 Å². The van der Waals surface area contributed by atoms with Gasteiger partial charge in [0.25, 0.3) is 0 Å². The molecule has 1 fully saturated rings. The Kier molecular flexibility index (Phi) is 2.54. The van der Waals surface area contributed by atoms with Gasteiger partial charge in [0.05, 0.1) is 0 Å². The maximum atomic E-state index is 10.9. The summed E-state index contributed by atoms with van der Waals surface area (Å²) in [5.41, 5.74) is -0.277. The van der Waals surface area contributed by atoms with Crippen molar-refractivity contribution in [2.24, 2.45) is 5.41 Å². The highest BCUT2D eigenvalue weighted by atomic mass is 16.6. The molecule has 0 aliphatic carbocycles. The average Bonchev–Trinajstić information content (AvgIpc) is 1.97. The van der Waals surface area contributed by atoms with E-state index in [1.807, 2.05) is 13.8 Å². The van der Waals surface area contributed by atoms with Crippen molar-refractivity contribution in [2.75, 3.05) is 6.54 Å². The van der Waals surface area contributed by atoms with Crippen LogP contribution in [-0.2, 0) is 9.53 Å². The number of ether oxygens (including phenoxy) is 1. The van der Waals surface area contributed by atoms with Crippen molar-refractivity contribution in [3.8, 4) is 0 Å². The zero-order valence-corrected chi connectivity index (χ0v) is 7.78. The van der Waals surface area contributed by atoms with Gasteiger partial charge in [0.15, 0.2) is 6.10 Å². The van der Waals surface area contributed by atoms with Gasteiger partial charge in [-0.25, -0.2) is 0 Å². The van der Waals surface area contributed by atoms with Gasteiger partial charge in [0, 0.05) is 16.8 Å². The zero-order valence-electron chi connectivity index (χ0n) is 7.78. The summed E-state index contributed by atoms with van der Waals surface area (Å²) in [7, 11) is 0. The molecule has 0 N–H and O–H groups in total. The van der Waals surface area contributed by atoms with E-state index in [2.05, 4.69) is 0 Å². The standard InChI is InChI=1S/C8H13NO4/c1-8(2)4-3-7(10)13-6(8)5-9(11)12/h6H,3-5H2,1-2H3/t6-/m0/s1. The zero-order chi connectivity index (χ0) is 10.1. The first-order valence-electron chi connectivity index (χ1n) is 4.23. The van der Waals surface area contributed by atoms with Gasteiger partial charge in [-0.2, -0.15) is 0 Å². The first kappa shape index (κ1) is 9.95. The van der Waals surface area contributed by atoms with Gasteiger partial charge in [-0.3, -0.25) is 14.9 Å². The van der Waals surface area contributed by atoms with E-state index in [0.29, 0.717) is 12.8 Å². The smallest absolute Gasteiger partial charge is 0.306 e. The Labute approximate surface area is 76.2 Å². The lowest BCUT2D eigenvalue weighted by molar-refractivity contribution is -0.494. The Morgan fingerprint density at radius 3 is 2.85 bits per heavy atom. The first-order valence-corrected chi connectivity index (χ1v) is 4.23. The Morgan fingerprint density at radius 1 is 1.69 bits per heavy atom. The van der Waals surface area contributed by atoms with Crippen LogP contribution in [0.4, 0.5) is 0 Å². The third-order valence-electron chi connectivity index (χ3n) is 2.43. The number of nitro groups is 1. The van der Waals surface area contributed by atoms with Crippen molar-refractivity contribution >= 4 is 5.97 Å². The summed E-state index contributed by atoms with van der Waals surface area (Å²) < 4.78 is 4.93. The second-order valence-electron chi connectivity index (χ2n) is 3.98. The van der Waals surface area contributed by atoms with Crippen LogP contribution in [0.15, 0.2) is 0 Å². The fourth-order valence-corrected chi connectivity index (χ4v) is 1.38. The molecule has 1 heterocycles. The number of esters is 1. The lowest BCUT2D eigenvalue weighted by Crippen LogP contribution is -2.43. The lowest BCUT2D eigenvalue weighted by atomic mass is 9.80. The predicted octanol–water partition coefficient (Wildman–Crippen LogP) is 0.995. The molecule has 0 radical (unpaired) electrons. The maximum Gasteiger partial charge on any atom is 0.306 e. The number of nitrogens with zero attached hydrogens (tertiary/aromatic N) is 1. The molecule has 0 saturated carbocycles. The van der Waals surface area contributed by atoms with E-state index in [4.69, 9.17) is 4.74 Å². The van der Waals surface area contributed by atoms with Crippen LogP contribution >= 0.6 is 0 Å². The predicted molar refractivity (Wildman–Crippen MR) is 44.8 cm³/mol. The molecule has 74 valence electrons. The van der Waals surface area contributed by atoms with Crippen LogP contribution in [0.2, 0.25) is 0 Å². The highest BCUT2D eigenvalue weighted by molar-refractivity contribution is 5.70. The Bertz CT molecular complexity index is 234. The molecule has 0 amide bonds. The molecular weight excluding hydrogens is 174 g/mol. The van der Waals surface area contributed by atoms with Crippen LogP contribution in [0.1, 0.15) is 26.7 Å². The summed E-state index contributed by atoms with van der Waals surface area (Å²) in [4.78, 5) is 20.7. The third-order valence-corrected chi connectivity index (χ3v) is 2.43. The Hall–Kier alpha value is -1.13. The van der Waals surface area contributed by atoms with Crippen molar-refractivity contribution in [1.29, 1.82) is 0 Å². The van der Waals surface area contributed by atoms with Gasteiger partial charge in [-0.05, 0) is 6.42 Å². The third kappa shape index (κ3) is 2.40. The molecular formula is C8H13NO4. The number of hydrogen-bond donors (Lipinski definition) is 0. The van der Waals surface area contributed by atoms with Crippen LogP contribution in [0.5, 0.6) is 0 Å². The molecule has 0 aromatic heterocycles. The molecule has 1 atom stereocenters. The van der Waals surface area contributed by atoms with Crippen molar-refractivity contribution in [3.63, 3.8) is 0 Å². The number of rotatable bonds is 2. The van der Waals surface area contributed by atoms with Crippen molar-refractivity contribution < 1.29 is 14.5 Å². The van der Waals surface area contributed by atoms with Gasteiger partial charge in [0.1, 0.15) is 0 Å². The van der Waals surface area contributed by atoms with Crippen molar-refractivity contribution in [1.82, 2.24) is 0 Å². The summed E-state index contributed by atoms with van der Waals surface area (Å²) in [5, 5.41) is 10.3. The van der Waals surface area contributed by atoms with E-state index >= 15 is 0 Å². The van der Waals surface area contributed by atoms with Crippen LogP contribution in [-0.4, -0.2) is 23.5 Å². The molecule has 13 heavy (non-hydrogen) atoms. The van der Waals surface area contributed by atoms with Gasteiger partial charge in [0.2, 0.25) is 6.54 Å². The van der Waals surface area contributed by atoms with Crippen LogP contribution in [0.3, 0.4) is 0 Å². The van der Waals surface area contributed by atoms with Crippen LogP contribution in [0, 0.1) is 15.5 Å². The summed E-state index contributed by atoms with van der Waals surface area (Å²) in [6.07, 6.45) is 0.440. The van der Waals surface area contributed by atoms with Gasteiger partial charge >= 0.3 is 5.97 Å². The minimum absolute atomic E-state index is 0.277. The summed E-state index contributed by atoms with van der Waals surface area (Å²) >= 11 is 0. The minimum atomic E-state index is -0.580. The highest BCUT2D eigenvalue weighted by Gasteiger charge is 2.40. The van der Waals surface area contributed by atoms with E-state index in [1.54, 1.807) is 0 Å². The normalized spacial score (nSPS) is 26.6. The van der Waals surface area contributed by atoms with Gasteiger partial charge < -0.3 is 4.74 Å². The van der Waals surface area contributed by atoms with E-state index in [0.717, 1.165) is 0 Å². The molecule has 1 aliphatic heterocycles. The second-order valence-corrected chi connectivity index (χ2v) is 3.98. The molecule has 5 nitrogen and oxygen atoms in total. The Balaban J connectivity index is 2.66. The molecule has 0 aromatic carbocycles.